The molecule has 1 saturated carbocycles. The van der Waals surface area contributed by atoms with Crippen LogP contribution in [-0.4, -0.2) is 43.5 Å². The lowest BCUT2D eigenvalue weighted by Crippen LogP contribution is -2.42. The van der Waals surface area contributed by atoms with E-state index in [1.54, 1.807) is 7.11 Å². The van der Waals surface area contributed by atoms with E-state index in [-0.39, 0.29) is 23.7 Å². The van der Waals surface area contributed by atoms with Crippen molar-refractivity contribution in [3.63, 3.8) is 0 Å². The van der Waals surface area contributed by atoms with E-state index in [1.807, 2.05) is 11.0 Å². The molecule has 3 rings (SSSR count). The van der Waals surface area contributed by atoms with Crippen LogP contribution in [0.15, 0.2) is 24.3 Å². The van der Waals surface area contributed by atoms with Gasteiger partial charge in [-0.1, -0.05) is 24.3 Å². The fraction of sp³-hybridized carbons (Fsp3) is 0.619. The highest BCUT2D eigenvalue weighted by atomic mass is 16.5. The van der Waals surface area contributed by atoms with Gasteiger partial charge >= 0.3 is 0 Å². The molecule has 5 heteroatoms. The average Bonchev–Trinajstić information content (AvgIpc) is 2.70. The lowest BCUT2D eigenvalue weighted by molar-refractivity contribution is -0.139. The van der Waals surface area contributed by atoms with Gasteiger partial charge < -0.3 is 15.0 Å². The van der Waals surface area contributed by atoms with Gasteiger partial charge in [0.25, 0.3) is 0 Å². The number of fused-ring (bicyclic) bond motifs is 1. The van der Waals surface area contributed by atoms with Crippen LogP contribution < -0.4 is 5.32 Å². The molecule has 2 aliphatic rings. The van der Waals surface area contributed by atoms with Crippen molar-refractivity contribution >= 4 is 11.8 Å². The third kappa shape index (κ3) is 4.64. The Morgan fingerprint density at radius 3 is 2.54 bits per heavy atom. The van der Waals surface area contributed by atoms with E-state index in [1.165, 1.54) is 11.1 Å². The smallest absolute Gasteiger partial charge is 0.225 e. The van der Waals surface area contributed by atoms with Crippen molar-refractivity contribution in [1.82, 2.24) is 10.2 Å². The Morgan fingerprint density at radius 1 is 1.12 bits per heavy atom. The van der Waals surface area contributed by atoms with Crippen LogP contribution in [0, 0.1) is 11.8 Å². The van der Waals surface area contributed by atoms with E-state index in [0.29, 0.717) is 13.2 Å². The van der Waals surface area contributed by atoms with Crippen LogP contribution in [-0.2, 0) is 27.3 Å². The van der Waals surface area contributed by atoms with Crippen LogP contribution in [0.1, 0.15) is 43.2 Å². The van der Waals surface area contributed by atoms with Gasteiger partial charge in [-0.15, -0.1) is 0 Å². The second-order valence-electron chi connectivity index (χ2n) is 7.46. The molecule has 1 aliphatic carbocycles. The number of amides is 2. The van der Waals surface area contributed by atoms with Crippen molar-refractivity contribution in [3.05, 3.63) is 35.4 Å². The Labute approximate surface area is 156 Å². The molecule has 26 heavy (non-hydrogen) atoms. The molecule has 1 aromatic carbocycles. The Hall–Kier alpha value is -1.88. The molecule has 1 N–H and O–H groups in total. The predicted molar refractivity (Wildman–Crippen MR) is 101 cm³/mol. The monoisotopic (exact) mass is 358 g/mol. The third-order valence-corrected chi connectivity index (χ3v) is 5.71. The van der Waals surface area contributed by atoms with E-state index in [9.17, 15) is 9.59 Å². The molecule has 0 saturated heterocycles. The maximum atomic E-state index is 12.9. The summed E-state index contributed by atoms with van der Waals surface area (Å²) >= 11 is 0. The van der Waals surface area contributed by atoms with E-state index in [0.717, 1.165) is 51.6 Å². The van der Waals surface area contributed by atoms with Gasteiger partial charge in [-0.3, -0.25) is 9.59 Å². The van der Waals surface area contributed by atoms with Gasteiger partial charge in [-0.05, 0) is 49.7 Å². The first kappa shape index (κ1) is 18.9. The van der Waals surface area contributed by atoms with E-state index >= 15 is 0 Å². The SMILES string of the molecule is COCCCNC(=O)C1CCC(C(=O)N2CCc3ccccc3C2)CC1. The number of carbonyl (C=O) groups excluding carboxylic acids is 2. The Bertz CT molecular complexity index is 623. The highest BCUT2D eigenvalue weighted by molar-refractivity contribution is 5.81. The summed E-state index contributed by atoms with van der Waals surface area (Å²) in [5.41, 5.74) is 2.64. The van der Waals surface area contributed by atoms with Gasteiger partial charge in [-0.25, -0.2) is 0 Å². The summed E-state index contributed by atoms with van der Waals surface area (Å²) in [5, 5.41) is 2.99. The molecule has 1 aromatic rings. The fourth-order valence-corrected chi connectivity index (χ4v) is 4.12. The zero-order chi connectivity index (χ0) is 18.4. The molecule has 1 fully saturated rings. The lowest BCUT2D eigenvalue weighted by Gasteiger charge is -2.34. The second-order valence-corrected chi connectivity index (χ2v) is 7.46. The highest BCUT2D eigenvalue weighted by Crippen LogP contribution is 2.31. The summed E-state index contributed by atoms with van der Waals surface area (Å²) < 4.78 is 5.00. The number of nitrogens with zero attached hydrogens (tertiary/aromatic N) is 1. The molecule has 0 unspecified atom stereocenters. The molecular formula is C21H30N2O3. The Balaban J connectivity index is 1.45. The summed E-state index contributed by atoms with van der Waals surface area (Å²) in [5.74, 6) is 0.554. The number of rotatable bonds is 6. The molecule has 0 aromatic heterocycles. The molecule has 0 radical (unpaired) electrons. The minimum Gasteiger partial charge on any atom is -0.385 e. The quantitative estimate of drug-likeness (QED) is 0.795. The minimum atomic E-state index is 0.0590. The first-order valence-corrected chi connectivity index (χ1v) is 9.81. The Morgan fingerprint density at radius 2 is 1.81 bits per heavy atom. The predicted octanol–water partition coefficient (Wildman–Crippen LogP) is 2.53. The molecule has 1 heterocycles. The zero-order valence-corrected chi connectivity index (χ0v) is 15.7. The van der Waals surface area contributed by atoms with Crippen molar-refractivity contribution in [3.8, 4) is 0 Å². The van der Waals surface area contributed by atoms with Gasteiger partial charge in [0.15, 0.2) is 0 Å². The van der Waals surface area contributed by atoms with Crippen LogP contribution in [0.3, 0.4) is 0 Å². The van der Waals surface area contributed by atoms with Crippen LogP contribution in [0.5, 0.6) is 0 Å². The van der Waals surface area contributed by atoms with Crippen LogP contribution in [0.4, 0.5) is 0 Å². The van der Waals surface area contributed by atoms with Gasteiger partial charge in [0.05, 0.1) is 0 Å². The van der Waals surface area contributed by atoms with Crippen molar-refractivity contribution in [2.24, 2.45) is 11.8 Å². The minimum absolute atomic E-state index is 0.0590. The Kier molecular flexibility index (Phi) is 6.67. The second kappa shape index (κ2) is 9.17. The van der Waals surface area contributed by atoms with Crippen molar-refractivity contribution < 1.29 is 14.3 Å². The van der Waals surface area contributed by atoms with E-state index in [4.69, 9.17) is 4.74 Å². The molecule has 0 spiro atoms. The number of carbonyl (C=O) groups is 2. The maximum Gasteiger partial charge on any atom is 0.225 e. The lowest BCUT2D eigenvalue weighted by atomic mass is 9.80. The summed E-state index contributed by atoms with van der Waals surface area (Å²) in [6.07, 6.45) is 5.07. The number of ether oxygens (including phenoxy) is 1. The summed E-state index contributed by atoms with van der Waals surface area (Å²) in [4.78, 5) is 27.1. The van der Waals surface area contributed by atoms with E-state index < -0.39 is 0 Å². The molecule has 2 amide bonds. The maximum absolute atomic E-state index is 12.9. The van der Waals surface area contributed by atoms with Crippen LogP contribution >= 0.6 is 0 Å². The van der Waals surface area contributed by atoms with Crippen LogP contribution in [0.25, 0.3) is 0 Å². The van der Waals surface area contributed by atoms with Gasteiger partial charge in [-0.2, -0.15) is 0 Å². The molecule has 5 nitrogen and oxygen atoms in total. The number of methoxy groups -OCH3 is 1. The summed E-state index contributed by atoms with van der Waals surface area (Å²) in [6.45, 7) is 2.88. The number of hydrogen-bond donors (Lipinski definition) is 1. The molecule has 0 bridgehead atoms. The van der Waals surface area contributed by atoms with Crippen molar-refractivity contribution in [2.45, 2.75) is 45.1 Å². The fourth-order valence-electron chi connectivity index (χ4n) is 4.12. The normalized spacial score (nSPS) is 22.6. The first-order valence-electron chi connectivity index (χ1n) is 9.81. The number of hydrogen-bond acceptors (Lipinski definition) is 3. The average molecular weight is 358 g/mol. The largest absolute Gasteiger partial charge is 0.385 e. The molecule has 0 atom stereocenters. The van der Waals surface area contributed by atoms with E-state index in [2.05, 4.69) is 23.5 Å². The topological polar surface area (TPSA) is 58.6 Å². The standard InChI is InChI=1S/C21H30N2O3/c1-26-14-4-12-22-20(24)17-7-9-18(10-8-17)21(25)23-13-11-16-5-2-3-6-19(16)15-23/h2-3,5-6,17-18H,4,7-15H2,1H3,(H,22,24). The molecule has 1 aliphatic heterocycles. The van der Waals surface area contributed by atoms with Crippen molar-refractivity contribution in [1.29, 1.82) is 0 Å². The first-order chi connectivity index (χ1) is 12.7. The molecule has 142 valence electrons. The zero-order valence-electron chi connectivity index (χ0n) is 15.7. The van der Waals surface area contributed by atoms with Crippen molar-refractivity contribution in [2.75, 3.05) is 26.8 Å². The van der Waals surface area contributed by atoms with Gasteiger partial charge in [0.2, 0.25) is 11.8 Å². The number of benzene rings is 1. The van der Waals surface area contributed by atoms with Gasteiger partial charge in [0.1, 0.15) is 0 Å². The van der Waals surface area contributed by atoms with Crippen LogP contribution in [0.2, 0.25) is 0 Å². The number of nitrogens with one attached hydrogen (secondary N) is 1. The molecular weight excluding hydrogens is 328 g/mol. The summed E-state index contributed by atoms with van der Waals surface area (Å²) in [6, 6.07) is 8.40. The summed E-state index contributed by atoms with van der Waals surface area (Å²) in [7, 11) is 1.67. The third-order valence-electron chi connectivity index (χ3n) is 5.71. The highest BCUT2D eigenvalue weighted by Gasteiger charge is 2.33. The van der Waals surface area contributed by atoms with Gasteiger partial charge in [0, 0.05) is 45.2 Å².